The number of benzene rings is 2. The highest BCUT2D eigenvalue weighted by Crippen LogP contribution is 2.24. The molecule has 7 nitrogen and oxygen atoms in total. The Morgan fingerprint density at radius 1 is 1.20 bits per heavy atom. The largest absolute Gasteiger partial charge is 0.497 e. The average molecular weight is 436 g/mol. The van der Waals surface area contributed by atoms with Crippen molar-refractivity contribution in [3.05, 3.63) is 59.9 Å². The number of amides is 1. The van der Waals surface area contributed by atoms with Gasteiger partial charge in [-0.25, -0.2) is 4.39 Å². The van der Waals surface area contributed by atoms with Crippen LogP contribution in [0.3, 0.4) is 0 Å². The van der Waals surface area contributed by atoms with Crippen LogP contribution in [-0.2, 0) is 21.5 Å². The summed E-state index contributed by atoms with van der Waals surface area (Å²) in [5.74, 6) is -0.289. The molecule has 1 saturated heterocycles. The van der Waals surface area contributed by atoms with Crippen molar-refractivity contribution in [2.75, 3.05) is 31.6 Å². The fraction of sp³-hybridized carbons (Fsp3) is 0.381. The lowest BCUT2D eigenvalue weighted by Crippen LogP contribution is -2.49. The average Bonchev–Trinajstić information content (AvgIpc) is 2.78. The lowest BCUT2D eigenvalue weighted by molar-refractivity contribution is -0.126. The van der Waals surface area contributed by atoms with Crippen LogP contribution >= 0.6 is 0 Å². The van der Waals surface area contributed by atoms with Gasteiger partial charge in [0.1, 0.15) is 11.6 Å². The van der Waals surface area contributed by atoms with Crippen LogP contribution in [0.2, 0.25) is 0 Å². The molecular weight excluding hydrogens is 409 g/mol. The van der Waals surface area contributed by atoms with Gasteiger partial charge in [0.2, 0.25) is 5.91 Å². The number of nitrogens with one attached hydrogen (secondary N) is 1. The van der Waals surface area contributed by atoms with E-state index in [0.717, 1.165) is 15.6 Å². The van der Waals surface area contributed by atoms with Crippen LogP contribution in [0.4, 0.5) is 10.1 Å². The lowest BCUT2D eigenvalue weighted by Gasteiger charge is -2.34. The first-order valence-corrected chi connectivity index (χ1v) is 11.1. The van der Waals surface area contributed by atoms with E-state index in [4.69, 9.17) is 4.74 Å². The molecule has 1 fully saturated rings. The number of methoxy groups -OCH3 is 1. The first-order valence-electron chi connectivity index (χ1n) is 9.71. The molecule has 3 rings (SSSR count). The Kier molecular flexibility index (Phi) is 6.94. The van der Waals surface area contributed by atoms with E-state index in [0.29, 0.717) is 31.6 Å². The number of halogens is 1. The van der Waals surface area contributed by atoms with Gasteiger partial charge < -0.3 is 10.1 Å². The van der Waals surface area contributed by atoms with Gasteiger partial charge in [0.05, 0.1) is 18.7 Å². The van der Waals surface area contributed by atoms with Gasteiger partial charge >= 0.3 is 10.2 Å². The minimum atomic E-state index is -3.82. The molecule has 1 unspecified atom stereocenters. The molecule has 0 aromatic heterocycles. The van der Waals surface area contributed by atoms with E-state index in [1.54, 1.807) is 7.11 Å². The summed E-state index contributed by atoms with van der Waals surface area (Å²) in [4.78, 5) is 12.6. The third kappa shape index (κ3) is 5.09. The maximum absolute atomic E-state index is 13.1. The molecule has 0 radical (unpaired) electrons. The standard InChI is InChI=1S/C21H26FN3O4S/c1-24(19-9-7-18(22)8-10-19)30(27,28)25-13-3-4-17(15-25)21(26)23-14-16-5-11-20(29-2)12-6-16/h5-12,17H,3-4,13-15H2,1-2H3,(H,23,26). The van der Waals surface area contributed by atoms with Crippen molar-refractivity contribution in [3.63, 3.8) is 0 Å². The summed E-state index contributed by atoms with van der Waals surface area (Å²) in [6.45, 7) is 0.819. The summed E-state index contributed by atoms with van der Waals surface area (Å²) in [7, 11) is -0.802. The Bertz CT molecular complexity index is 965. The molecule has 2 aromatic rings. The van der Waals surface area contributed by atoms with E-state index in [9.17, 15) is 17.6 Å². The molecule has 0 bridgehead atoms. The number of rotatable bonds is 7. The Balaban J connectivity index is 1.61. The molecule has 1 aliphatic rings. The van der Waals surface area contributed by atoms with Crippen LogP contribution in [-0.4, -0.2) is 45.9 Å². The van der Waals surface area contributed by atoms with Crippen molar-refractivity contribution in [1.29, 1.82) is 0 Å². The predicted octanol–water partition coefficient (Wildman–Crippen LogP) is 2.54. The van der Waals surface area contributed by atoms with Gasteiger partial charge in [-0.15, -0.1) is 0 Å². The monoisotopic (exact) mass is 435 g/mol. The molecule has 1 aliphatic heterocycles. The van der Waals surface area contributed by atoms with E-state index in [-0.39, 0.29) is 12.5 Å². The number of nitrogens with zero attached hydrogens (tertiary/aromatic N) is 2. The molecule has 1 N–H and O–H groups in total. The Hall–Kier alpha value is -2.65. The van der Waals surface area contributed by atoms with Crippen LogP contribution in [0.1, 0.15) is 18.4 Å². The van der Waals surface area contributed by atoms with Crippen molar-refractivity contribution in [3.8, 4) is 5.75 Å². The van der Waals surface area contributed by atoms with Crippen LogP contribution < -0.4 is 14.4 Å². The second-order valence-corrected chi connectivity index (χ2v) is 9.17. The van der Waals surface area contributed by atoms with Crippen LogP contribution in [0.5, 0.6) is 5.75 Å². The van der Waals surface area contributed by atoms with E-state index in [2.05, 4.69) is 5.32 Å². The zero-order valence-electron chi connectivity index (χ0n) is 17.0. The van der Waals surface area contributed by atoms with Crippen molar-refractivity contribution < 1.29 is 22.3 Å². The fourth-order valence-corrected chi connectivity index (χ4v) is 4.86. The van der Waals surface area contributed by atoms with Crippen molar-refractivity contribution in [1.82, 2.24) is 9.62 Å². The van der Waals surface area contributed by atoms with Gasteiger partial charge in [-0.2, -0.15) is 12.7 Å². The first kappa shape index (κ1) is 22.0. The van der Waals surface area contributed by atoms with Crippen molar-refractivity contribution in [2.45, 2.75) is 19.4 Å². The molecule has 0 saturated carbocycles. The van der Waals surface area contributed by atoms with Gasteiger partial charge in [0.15, 0.2) is 0 Å². The molecule has 9 heteroatoms. The smallest absolute Gasteiger partial charge is 0.303 e. The topological polar surface area (TPSA) is 79.0 Å². The number of carbonyl (C=O) groups excluding carboxylic acids is 1. The summed E-state index contributed by atoms with van der Waals surface area (Å²) in [6, 6.07) is 12.6. The van der Waals surface area contributed by atoms with Crippen LogP contribution in [0.25, 0.3) is 0 Å². The zero-order valence-corrected chi connectivity index (χ0v) is 17.9. The lowest BCUT2D eigenvalue weighted by atomic mass is 9.99. The molecule has 1 amide bonds. The van der Waals surface area contributed by atoms with E-state index < -0.39 is 21.9 Å². The molecule has 2 aromatic carbocycles. The molecule has 0 spiro atoms. The Labute approximate surface area is 176 Å². The number of anilines is 1. The maximum Gasteiger partial charge on any atom is 0.303 e. The minimum absolute atomic E-state index is 0.113. The molecule has 1 heterocycles. The third-order valence-corrected chi connectivity index (χ3v) is 7.13. The Morgan fingerprint density at radius 2 is 1.87 bits per heavy atom. The fourth-order valence-electron chi connectivity index (χ4n) is 3.40. The highest BCUT2D eigenvalue weighted by Gasteiger charge is 2.34. The molecule has 162 valence electrons. The normalized spacial score (nSPS) is 17.4. The minimum Gasteiger partial charge on any atom is -0.497 e. The van der Waals surface area contributed by atoms with E-state index in [1.807, 2.05) is 24.3 Å². The second kappa shape index (κ2) is 9.44. The molecule has 30 heavy (non-hydrogen) atoms. The zero-order chi connectivity index (χ0) is 21.7. The highest BCUT2D eigenvalue weighted by molar-refractivity contribution is 7.90. The Morgan fingerprint density at radius 3 is 2.50 bits per heavy atom. The summed E-state index contributed by atoms with van der Waals surface area (Å²) < 4.78 is 46.7. The summed E-state index contributed by atoms with van der Waals surface area (Å²) in [5, 5.41) is 2.89. The van der Waals surface area contributed by atoms with Crippen LogP contribution in [0, 0.1) is 11.7 Å². The van der Waals surface area contributed by atoms with Crippen LogP contribution in [0.15, 0.2) is 48.5 Å². The van der Waals surface area contributed by atoms with Gasteiger partial charge in [-0.3, -0.25) is 9.10 Å². The number of ether oxygens (including phenoxy) is 1. The van der Waals surface area contributed by atoms with E-state index >= 15 is 0 Å². The molecule has 0 aliphatic carbocycles. The SMILES string of the molecule is COc1ccc(CNC(=O)C2CCCN(S(=O)(=O)N(C)c3ccc(F)cc3)C2)cc1. The summed E-state index contributed by atoms with van der Waals surface area (Å²) in [6.07, 6.45) is 1.22. The van der Waals surface area contributed by atoms with Gasteiger partial charge in [0, 0.05) is 26.7 Å². The third-order valence-electron chi connectivity index (χ3n) is 5.24. The molecular formula is C21H26FN3O4S. The molecule has 1 atom stereocenters. The predicted molar refractivity (Wildman–Crippen MR) is 113 cm³/mol. The number of hydrogen-bond acceptors (Lipinski definition) is 4. The number of carbonyl (C=O) groups is 1. The van der Waals surface area contributed by atoms with Gasteiger partial charge in [-0.05, 0) is 54.8 Å². The van der Waals surface area contributed by atoms with Gasteiger partial charge in [-0.1, -0.05) is 12.1 Å². The maximum atomic E-state index is 13.1. The second-order valence-electron chi connectivity index (χ2n) is 7.21. The quantitative estimate of drug-likeness (QED) is 0.725. The summed E-state index contributed by atoms with van der Waals surface area (Å²) >= 11 is 0. The van der Waals surface area contributed by atoms with Crippen molar-refractivity contribution in [2.24, 2.45) is 5.92 Å². The van der Waals surface area contributed by atoms with Crippen molar-refractivity contribution >= 4 is 21.8 Å². The highest BCUT2D eigenvalue weighted by atomic mass is 32.2. The first-order chi connectivity index (χ1) is 14.3. The van der Waals surface area contributed by atoms with Gasteiger partial charge in [0.25, 0.3) is 0 Å². The summed E-state index contributed by atoms with van der Waals surface area (Å²) in [5.41, 5.74) is 1.29. The number of piperidine rings is 1. The number of hydrogen-bond donors (Lipinski definition) is 1. The van der Waals surface area contributed by atoms with E-state index in [1.165, 1.54) is 35.6 Å².